The van der Waals surface area contributed by atoms with E-state index in [1.54, 1.807) is 12.1 Å². The highest BCUT2D eigenvalue weighted by Gasteiger charge is 2.29. The van der Waals surface area contributed by atoms with Crippen LogP contribution in [-0.4, -0.2) is 0 Å². The van der Waals surface area contributed by atoms with Gasteiger partial charge in [0.15, 0.2) is 0 Å². The van der Waals surface area contributed by atoms with Crippen molar-refractivity contribution in [3.8, 4) is 6.07 Å². The maximum Gasteiger partial charge on any atom is 0.223 e. The van der Waals surface area contributed by atoms with Crippen LogP contribution in [0.2, 0.25) is 0 Å². The number of anilines is 3. The quantitative estimate of drug-likeness (QED) is 0.911. The van der Waals surface area contributed by atoms with Gasteiger partial charge in [0.1, 0.15) is 22.5 Å². The number of nitrogens with zero attached hydrogens (tertiary/aromatic N) is 1. The van der Waals surface area contributed by atoms with Crippen LogP contribution in [0.3, 0.4) is 0 Å². The first-order chi connectivity index (χ1) is 10.1. The van der Waals surface area contributed by atoms with Gasteiger partial charge in [0.2, 0.25) is 5.43 Å². The zero-order valence-corrected chi connectivity index (χ0v) is 11.8. The van der Waals surface area contributed by atoms with E-state index in [2.05, 4.69) is 5.32 Å². The number of nitrogens with one attached hydrogen (secondary N) is 1. The fraction of sp³-hybridized carbons (Fsp3) is 0.200. The van der Waals surface area contributed by atoms with Crippen LogP contribution < -0.4 is 16.5 Å². The highest BCUT2D eigenvalue weighted by Crippen LogP contribution is 2.46. The minimum absolute atomic E-state index is 0.00576. The zero-order chi connectivity index (χ0) is 15.0. The van der Waals surface area contributed by atoms with Crippen LogP contribution in [0.15, 0.2) is 29.1 Å². The monoisotopic (exact) mass is 301 g/mol. The Kier molecular flexibility index (Phi) is 3.35. The SMILES string of the molecule is N#Cc1c(Nc2ccc(F)cc2)sc(C2CC2)c(N)c1=O. The molecule has 2 aromatic rings. The predicted molar refractivity (Wildman–Crippen MR) is 81.4 cm³/mol. The molecule has 0 bridgehead atoms. The summed E-state index contributed by atoms with van der Waals surface area (Å²) in [6.45, 7) is 0. The molecule has 1 aliphatic rings. The number of halogens is 1. The summed E-state index contributed by atoms with van der Waals surface area (Å²) >= 11 is 1.33. The van der Waals surface area contributed by atoms with E-state index in [1.807, 2.05) is 6.07 Å². The molecule has 106 valence electrons. The lowest BCUT2D eigenvalue weighted by Gasteiger charge is -2.10. The Hall–Kier alpha value is -2.39. The molecule has 4 nitrogen and oxygen atoms in total. The predicted octanol–water partition coefficient (Wildman–Crippen LogP) is 3.32. The van der Waals surface area contributed by atoms with Gasteiger partial charge in [-0.05, 0) is 43.0 Å². The normalized spacial score (nSPS) is 13.7. The first-order valence-corrected chi connectivity index (χ1v) is 7.31. The molecule has 1 saturated carbocycles. The number of nitriles is 1. The molecule has 3 rings (SSSR count). The molecule has 0 unspecified atom stereocenters. The van der Waals surface area contributed by atoms with Crippen molar-refractivity contribution in [3.05, 3.63) is 50.7 Å². The molecule has 0 amide bonds. The van der Waals surface area contributed by atoms with Gasteiger partial charge in [-0.2, -0.15) is 5.26 Å². The topological polar surface area (TPSA) is 78.9 Å². The third-order valence-corrected chi connectivity index (χ3v) is 4.62. The first kappa shape index (κ1) is 13.6. The minimum Gasteiger partial charge on any atom is -0.395 e. The maximum absolute atomic E-state index is 12.9. The fourth-order valence-corrected chi connectivity index (χ4v) is 3.30. The number of nitrogens with two attached hydrogens (primary N) is 1. The Morgan fingerprint density at radius 3 is 2.57 bits per heavy atom. The lowest BCUT2D eigenvalue weighted by atomic mass is 10.2. The van der Waals surface area contributed by atoms with Gasteiger partial charge in [-0.15, -0.1) is 11.3 Å². The number of nitrogen functional groups attached to an aromatic ring is 1. The van der Waals surface area contributed by atoms with Crippen LogP contribution in [0.25, 0.3) is 0 Å². The lowest BCUT2D eigenvalue weighted by Crippen LogP contribution is -2.15. The standard InChI is InChI=1S/C15H12FN3OS/c16-9-3-5-10(6-4-9)19-15-11(7-17)13(20)12(18)14(21-15)8-1-2-8/h3-6,8,19H,1-2,18H2. The third kappa shape index (κ3) is 2.60. The second-order valence-electron chi connectivity index (χ2n) is 4.93. The highest BCUT2D eigenvalue weighted by atomic mass is 32.1. The van der Waals surface area contributed by atoms with Crippen LogP contribution in [0, 0.1) is 17.1 Å². The Labute approximate surface area is 124 Å². The number of hydrogen-bond acceptors (Lipinski definition) is 5. The van der Waals surface area contributed by atoms with Crippen molar-refractivity contribution in [2.24, 2.45) is 0 Å². The van der Waals surface area contributed by atoms with Gasteiger partial charge in [-0.3, -0.25) is 4.79 Å². The van der Waals surface area contributed by atoms with E-state index in [4.69, 9.17) is 5.73 Å². The fourth-order valence-electron chi connectivity index (χ4n) is 2.07. The molecule has 0 aliphatic heterocycles. The summed E-state index contributed by atoms with van der Waals surface area (Å²) < 4.78 is 12.9. The molecule has 1 heterocycles. The van der Waals surface area contributed by atoms with Crippen molar-refractivity contribution in [1.29, 1.82) is 5.26 Å². The molecule has 1 fully saturated rings. The summed E-state index contributed by atoms with van der Waals surface area (Å²) in [5.41, 5.74) is 6.23. The van der Waals surface area contributed by atoms with Gasteiger partial charge >= 0.3 is 0 Å². The van der Waals surface area contributed by atoms with Crippen molar-refractivity contribution in [2.45, 2.75) is 18.8 Å². The second kappa shape index (κ2) is 5.19. The van der Waals surface area contributed by atoms with Gasteiger partial charge in [0, 0.05) is 10.6 Å². The van der Waals surface area contributed by atoms with E-state index < -0.39 is 5.43 Å². The summed E-state index contributed by atoms with van der Waals surface area (Å²) in [6, 6.07) is 7.65. The second-order valence-corrected chi connectivity index (χ2v) is 5.98. The van der Waals surface area contributed by atoms with Crippen molar-refractivity contribution >= 4 is 27.7 Å². The third-order valence-electron chi connectivity index (χ3n) is 3.34. The Balaban J connectivity index is 2.06. The molecule has 0 atom stereocenters. The van der Waals surface area contributed by atoms with Gasteiger partial charge in [-0.1, -0.05) is 0 Å². The average molecular weight is 301 g/mol. The largest absolute Gasteiger partial charge is 0.395 e. The maximum atomic E-state index is 12.9. The molecular formula is C15H12FN3OS. The Morgan fingerprint density at radius 2 is 2.00 bits per heavy atom. The molecule has 1 aliphatic carbocycles. The number of rotatable bonds is 3. The zero-order valence-electron chi connectivity index (χ0n) is 11.0. The molecule has 0 radical (unpaired) electrons. The van der Waals surface area contributed by atoms with Crippen LogP contribution >= 0.6 is 11.3 Å². The van der Waals surface area contributed by atoms with Crippen LogP contribution in [0.1, 0.15) is 29.2 Å². The van der Waals surface area contributed by atoms with Crippen molar-refractivity contribution in [2.75, 3.05) is 11.1 Å². The molecule has 0 saturated heterocycles. The molecular weight excluding hydrogens is 289 g/mol. The Bertz CT molecular complexity index is 788. The van der Waals surface area contributed by atoms with Crippen LogP contribution in [0.5, 0.6) is 0 Å². The highest BCUT2D eigenvalue weighted by molar-refractivity contribution is 7.16. The molecule has 21 heavy (non-hydrogen) atoms. The van der Waals surface area contributed by atoms with E-state index in [0.717, 1.165) is 17.7 Å². The van der Waals surface area contributed by atoms with Crippen molar-refractivity contribution in [3.63, 3.8) is 0 Å². The minimum atomic E-state index is -0.428. The van der Waals surface area contributed by atoms with Crippen molar-refractivity contribution < 1.29 is 4.39 Å². The van der Waals surface area contributed by atoms with Crippen molar-refractivity contribution in [1.82, 2.24) is 0 Å². The van der Waals surface area contributed by atoms with Gasteiger partial charge < -0.3 is 11.1 Å². The van der Waals surface area contributed by atoms with Gasteiger partial charge in [0.05, 0.1) is 5.69 Å². The van der Waals surface area contributed by atoms with Crippen LogP contribution in [-0.2, 0) is 0 Å². The number of hydrogen-bond donors (Lipinski definition) is 2. The summed E-state index contributed by atoms with van der Waals surface area (Å²) in [7, 11) is 0. The summed E-state index contributed by atoms with van der Waals surface area (Å²) in [6.07, 6.45) is 2.03. The summed E-state index contributed by atoms with van der Waals surface area (Å²) in [5.74, 6) is -0.0190. The van der Waals surface area contributed by atoms with E-state index in [1.165, 1.54) is 23.5 Å². The molecule has 6 heteroatoms. The molecule has 1 aromatic heterocycles. The van der Waals surface area contributed by atoms with E-state index in [9.17, 15) is 14.4 Å². The van der Waals surface area contributed by atoms with Gasteiger partial charge in [-0.25, -0.2) is 4.39 Å². The lowest BCUT2D eigenvalue weighted by molar-refractivity contribution is 0.628. The molecule has 1 aromatic carbocycles. The van der Waals surface area contributed by atoms with E-state index in [0.29, 0.717) is 16.6 Å². The van der Waals surface area contributed by atoms with E-state index in [-0.39, 0.29) is 17.1 Å². The van der Waals surface area contributed by atoms with Crippen LogP contribution in [0.4, 0.5) is 20.8 Å². The Morgan fingerprint density at radius 1 is 1.33 bits per heavy atom. The van der Waals surface area contributed by atoms with Gasteiger partial charge in [0.25, 0.3) is 0 Å². The average Bonchev–Trinajstić information content (AvgIpc) is 3.30. The van der Waals surface area contributed by atoms with E-state index >= 15 is 0 Å². The first-order valence-electron chi connectivity index (χ1n) is 6.49. The molecule has 0 spiro atoms. The smallest absolute Gasteiger partial charge is 0.223 e. The number of benzene rings is 1. The molecule has 3 N–H and O–H groups in total. The summed E-state index contributed by atoms with van der Waals surface area (Å²) in [5, 5.41) is 12.7. The summed E-state index contributed by atoms with van der Waals surface area (Å²) in [4.78, 5) is 13.0.